The van der Waals surface area contributed by atoms with Crippen molar-refractivity contribution in [3.05, 3.63) is 184 Å². The van der Waals surface area contributed by atoms with Crippen LogP contribution < -0.4 is 20.7 Å². The number of rotatable bonds is 18. The molecule has 11 nitrogen and oxygen atoms in total. The molecule has 2 atom stereocenters. The van der Waals surface area contributed by atoms with E-state index in [1.54, 1.807) is 48.7 Å². The van der Waals surface area contributed by atoms with Crippen LogP contribution in [0.1, 0.15) is 68.2 Å². The lowest BCUT2D eigenvalue weighted by Gasteiger charge is -2.18. The van der Waals surface area contributed by atoms with Crippen molar-refractivity contribution in [3.63, 3.8) is 0 Å². The minimum atomic E-state index is -3.74. The lowest BCUT2D eigenvalue weighted by Crippen LogP contribution is -2.32. The number of nitrogens with one attached hydrogen (secondary N) is 4. The van der Waals surface area contributed by atoms with Crippen molar-refractivity contribution in [3.8, 4) is 5.82 Å². The Morgan fingerprint density at radius 1 is 0.707 bits per heavy atom. The molecule has 0 spiro atoms. The number of aliphatic hydroxyl groups is 1. The van der Waals surface area contributed by atoms with Gasteiger partial charge in [0.1, 0.15) is 5.82 Å². The average molecular weight is 799 g/mol. The number of aromatic nitrogens is 2. The Bertz CT molecular complexity index is 2400. The van der Waals surface area contributed by atoms with Crippen LogP contribution in [0.15, 0.2) is 138 Å². The number of amides is 2. The van der Waals surface area contributed by atoms with Gasteiger partial charge >= 0.3 is 0 Å². The van der Waals surface area contributed by atoms with Gasteiger partial charge in [0.05, 0.1) is 17.4 Å². The molecule has 6 aromatic rings. The molecular formula is C46H50N6O5S. The first-order valence-corrected chi connectivity index (χ1v) is 20.8. The zero-order valence-electron chi connectivity index (χ0n) is 33.0. The van der Waals surface area contributed by atoms with Crippen molar-refractivity contribution >= 4 is 21.8 Å². The van der Waals surface area contributed by atoms with Crippen LogP contribution in [0.4, 0.5) is 0 Å². The lowest BCUT2D eigenvalue weighted by molar-refractivity contribution is -0.120. The van der Waals surface area contributed by atoms with E-state index in [4.69, 9.17) is 0 Å². The number of hydrogen-bond acceptors (Lipinski definition) is 7. The summed E-state index contributed by atoms with van der Waals surface area (Å²) >= 11 is 0. The maximum atomic E-state index is 12.9. The van der Waals surface area contributed by atoms with Crippen LogP contribution in [0, 0.1) is 13.8 Å². The fourth-order valence-corrected chi connectivity index (χ4v) is 7.75. The molecule has 2 amide bonds. The molecular weight excluding hydrogens is 749 g/mol. The predicted octanol–water partition coefficient (Wildman–Crippen LogP) is 6.01. The summed E-state index contributed by atoms with van der Waals surface area (Å²) in [5.74, 6) is 0.409. The minimum absolute atomic E-state index is 0.0871. The van der Waals surface area contributed by atoms with E-state index >= 15 is 0 Å². The molecule has 0 aliphatic heterocycles. The number of benzene rings is 4. The van der Waals surface area contributed by atoms with E-state index in [0.29, 0.717) is 24.2 Å². The van der Waals surface area contributed by atoms with Crippen molar-refractivity contribution in [2.75, 3.05) is 6.54 Å². The van der Waals surface area contributed by atoms with Crippen molar-refractivity contribution in [2.45, 2.75) is 70.3 Å². The highest BCUT2D eigenvalue weighted by Gasteiger charge is 2.16. The Kier molecular flexibility index (Phi) is 14.0. The molecule has 2 heterocycles. The Labute approximate surface area is 340 Å². The number of aliphatic hydroxyl groups excluding tert-OH is 1. The van der Waals surface area contributed by atoms with Crippen LogP contribution in [0.25, 0.3) is 5.82 Å². The van der Waals surface area contributed by atoms with Gasteiger partial charge in [0.2, 0.25) is 15.9 Å². The zero-order valence-corrected chi connectivity index (χ0v) is 33.8. The molecule has 4 aromatic carbocycles. The largest absolute Gasteiger partial charge is 0.387 e. The first-order chi connectivity index (χ1) is 27.9. The van der Waals surface area contributed by atoms with Gasteiger partial charge in [-0.1, -0.05) is 84.9 Å². The standard InChI is InChI=1S/C46H50N6O5S/c1-32(47-31-43(53)41-21-22-44(48-30-41)52-33(2)15-16-34(52)3)23-37-11-7-12-38(24-37)26-45(54)49-27-36-17-19-40(20-18-36)46(55)50-28-39-13-8-14-42(25-39)58(56,57)51-29-35-9-5-4-6-10-35/h4-22,24-25,30,32,43,47,51,53H,23,26-29,31H2,1-3H3,(H,49,54)(H,50,55). The number of sulfonamides is 1. The van der Waals surface area contributed by atoms with Gasteiger partial charge in [0.25, 0.3) is 5.91 Å². The van der Waals surface area contributed by atoms with E-state index < -0.39 is 16.1 Å². The highest BCUT2D eigenvalue weighted by molar-refractivity contribution is 7.89. The Morgan fingerprint density at radius 3 is 2.09 bits per heavy atom. The van der Waals surface area contributed by atoms with Crippen molar-refractivity contribution < 1.29 is 23.1 Å². The zero-order chi connectivity index (χ0) is 41.1. The van der Waals surface area contributed by atoms with Crippen molar-refractivity contribution in [2.24, 2.45) is 0 Å². The fraction of sp³-hybridized carbons (Fsp3) is 0.239. The molecule has 12 heteroatoms. The van der Waals surface area contributed by atoms with Crippen molar-refractivity contribution in [1.82, 2.24) is 30.2 Å². The molecule has 0 bridgehead atoms. The van der Waals surface area contributed by atoms with Crippen LogP contribution in [-0.2, 0) is 47.3 Å². The van der Waals surface area contributed by atoms with Gasteiger partial charge in [-0.2, -0.15) is 0 Å². The maximum Gasteiger partial charge on any atom is 0.251 e. The Balaban J connectivity index is 0.913. The van der Waals surface area contributed by atoms with Crippen molar-refractivity contribution in [1.29, 1.82) is 0 Å². The Morgan fingerprint density at radius 2 is 1.36 bits per heavy atom. The van der Waals surface area contributed by atoms with Gasteiger partial charge in [-0.15, -0.1) is 0 Å². The molecule has 2 unspecified atom stereocenters. The molecule has 6 rings (SSSR count). The molecule has 300 valence electrons. The molecule has 0 saturated carbocycles. The van der Waals surface area contributed by atoms with E-state index in [2.05, 4.69) is 49.3 Å². The molecule has 0 aliphatic rings. The first-order valence-electron chi connectivity index (χ1n) is 19.3. The van der Waals surface area contributed by atoms with Crippen LogP contribution in [0.3, 0.4) is 0 Å². The lowest BCUT2D eigenvalue weighted by atomic mass is 10.0. The van der Waals surface area contributed by atoms with Gasteiger partial charge in [-0.3, -0.25) is 9.59 Å². The summed E-state index contributed by atoms with van der Waals surface area (Å²) in [6, 6.07) is 38.7. The summed E-state index contributed by atoms with van der Waals surface area (Å²) in [5.41, 5.74) is 7.75. The second-order valence-corrected chi connectivity index (χ2v) is 16.3. The minimum Gasteiger partial charge on any atom is -0.387 e. The molecule has 0 aliphatic carbocycles. The quantitative estimate of drug-likeness (QED) is 0.0714. The van der Waals surface area contributed by atoms with E-state index in [0.717, 1.165) is 51.4 Å². The highest BCUT2D eigenvalue weighted by atomic mass is 32.2. The fourth-order valence-electron chi connectivity index (χ4n) is 6.67. The smallest absolute Gasteiger partial charge is 0.251 e. The third-order valence-corrected chi connectivity index (χ3v) is 11.3. The van der Waals surface area contributed by atoms with Gasteiger partial charge in [-0.05, 0) is 97.5 Å². The number of pyridine rings is 1. The molecule has 0 saturated heterocycles. The van der Waals surface area contributed by atoms with E-state index in [1.807, 2.05) is 80.6 Å². The third kappa shape index (κ3) is 11.6. The van der Waals surface area contributed by atoms with E-state index in [9.17, 15) is 23.1 Å². The van der Waals surface area contributed by atoms with Gasteiger partial charge < -0.3 is 25.6 Å². The van der Waals surface area contributed by atoms with E-state index in [1.165, 1.54) is 6.07 Å². The van der Waals surface area contributed by atoms with Gasteiger partial charge in [-0.25, -0.2) is 18.1 Å². The predicted molar refractivity (Wildman–Crippen MR) is 226 cm³/mol. The second-order valence-electron chi connectivity index (χ2n) is 14.5. The summed E-state index contributed by atoms with van der Waals surface area (Å²) in [4.78, 5) is 30.5. The monoisotopic (exact) mass is 798 g/mol. The topological polar surface area (TPSA) is 154 Å². The Hall–Kier alpha value is -5.92. The summed E-state index contributed by atoms with van der Waals surface area (Å²) in [6.45, 7) is 7.18. The number of carbonyl (C=O) groups is 2. The van der Waals surface area contributed by atoms with E-state index in [-0.39, 0.29) is 42.3 Å². The van der Waals surface area contributed by atoms with Gasteiger partial charge in [0.15, 0.2) is 0 Å². The number of aryl methyl sites for hydroxylation is 2. The van der Waals surface area contributed by atoms with Gasteiger partial charge in [0, 0.05) is 60.9 Å². The van der Waals surface area contributed by atoms with Crippen LogP contribution in [0.2, 0.25) is 0 Å². The summed E-state index contributed by atoms with van der Waals surface area (Å²) in [5, 5.41) is 20.1. The van der Waals surface area contributed by atoms with Crippen LogP contribution in [-0.4, -0.2) is 47.5 Å². The summed E-state index contributed by atoms with van der Waals surface area (Å²) in [7, 11) is -3.74. The summed E-state index contributed by atoms with van der Waals surface area (Å²) in [6.07, 6.45) is 1.98. The molecule has 58 heavy (non-hydrogen) atoms. The van der Waals surface area contributed by atoms with Crippen LogP contribution in [0.5, 0.6) is 0 Å². The average Bonchev–Trinajstić information content (AvgIpc) is 3.58. The molecule has 2 aromatic heterocycles. The molecule has 5 N–H and O–H groups in total. The number of nitrogens with zero attached hydrogens (tertiary/aromatic N) is 2. The first kappa shape index (κ1) is 41.7. The second kappa shape index (κ2) is 19.5. The van der Waals surface area contributed by atoms with Crippen LogP contribution >= 0.6 is 0 Å². The molecule has 0 radical (unpaired) electrons. The highest BCUT2D eigenvalue weighted by Crippen LogP contribution is 2.18. The molecule has 0 fully saturated rings. The SMILES string of the molecule is Cc1ccc(C)n1-c1ccc(C(O)CNC(C)Cc2cccc(CC(=O)NCc3ccc(C(=O)NCc4cccc(S(=O)(=O)NCc5ccccc5)c4)cc3)c2)cn1. The number of hydrogen-bond donors (Lipinski definition) is 5. The summed E-state index contributed by atoms with van der Waals surface area (Å²) < 4.78 is 30.4. The maximum absolute atomic E-state index is 12.9. The number of carbonyl (C=O) groups excluding carboxylic acids is 2. The normalized spacial score (nSPS) is 12.5. The third-order valence-electron chi connectivity index (χ3n) is 9.89.